The van der Waals surface area contributed by atoms with Crippen LogP contribution in [0.2, 0.25) is 0 Å². The van der Waals surface area contributed by atoms with Gasteiger partial charge >= 0.3 is 0 Å². The van der Waals surface area contributed by atoms with Crippen LogP contribution in [0.25, 0.3) is 0 Å². The predicted octanol–water partition coefficient (Wildman–Crippen LogP) is 3.67. The van der Waals surface area contributed by atoms with E-state index >= 15 is 0 Å². The number of ether oxygens (including phenoxy) is 1. The summed E-state index contributed by atoms with van der Waals surface area (Å²) in [6.07, 6.45) is 4.71. The number of methoxy groups -OCH3 is 1. The largest absolute Gasteiger partial charge is 0.370 e. The summed E-state index contributed by atoms with van der Waals surface area (Å²) >= 11 is 0. The Kier molecular flexibility index (Phi) is 3.81. The van der Waals surface area contributed by atoms with Crippen LogP contribution in [0.15, 0.2) is 18.2 Å². The molecule has 18 heavy (non-hydrogen) atoms. The first-order valence-electron chi connectivity index (χ1n) is 6.45. The molecule has 0 N–H and O–H groups in total. The highest BCUT2D eigenvalue weighted by molar-refractivity contribution is 6.03. The molecule has 0 bridgehead atoms. The third kappa shape index (κ3) is 2.32. The van der Waals surface area contributed by atoms with Crippen molar-refractivity contribution in [1.29, 1.82) is 0 Å². The molecule has 1 aromatic rings. The van der Waals surface area contributed by atoms with Gasteiger partial charge in [-0.15, -0.1) is 0 Å². The van der Waals surface area contributed by atoms with Crippen LogP contribution in [0.5, 0.6) is 0 Å². The summed E-state index contributed by atoms with van der Waals surface area (Å²) in [5.41, 5.74) is 0.572. The van der Waals surface area contributed by atoms with Crippen LogP contribution in [0.4, 0.5) is 4.39 Å². The fraction of sp³-hybridized carbons (Fsp3) is 0.533. The van der Waals surface area contributed by atoms with Crippen LogP contribution in [0.3, 0.4) is 0 Å². The number of aryl methyl sites for hydroxylation is 1. The zero-order valence-electron chi connectivity index (χ0n) is 11.0. The Morgan fingerprint density at radius 2 is 1.94 bits per heavy atom. The number of rotatable bonds is 3. The van der Waals surface area contributed by atoms with Gasteiger partial charge in [0.25, 0.3) is 0 Å². The Balaban J connectivity index is 2.33. The number of benzene rings is 1. The average molecular weight is 250 g/mol. The molecule has 1 aliphatic rings. The van der Waals surface area contributed by atoms with Gasteiger partial charge in [-0.3, -0.25) is 4.79 Å². The molecule has 3 heteroatoms. The van der Waals surface area contributed by atoms with Crippen LogP contribution in [0, 0.1) is 12.7 Å². The van der Waals surface area contributed by atoms with E-state index in [-0.39, 0.29) is 11.6 Å². The molecule has 1 aromatic carbocycles. The molecule has 2 rings (SSSR count). The number of halogens is 1. The van der Waals surface area contributed by atoms with Gasteiger partial charge in [-0.1, -0.05) is 19.3 Å². The van der Waals surface area contributed by atoms with Gasteiger partial charge in [0, 0.05) is 12.7 Å². The van der Waals surface area contributed by atoms with Gasteiger partial charge in [0.1, 0.15) is 11.4 Å². The van der Waals surface area contributed by atoms with Gasteiger partial charge < -0.3 is 4.74 Å². The van der Waals surface area contributed by atoms with Crippen molar-refractivity contribution in [2.45, 2.75) is 44.6 Å². The number of hydrogen-bond acceptors (Lipinski definition) is 2. The lowest BCUT2D eigenvalue weighted by Crippen LogP contribution is -2.42. The minimum absolute atomic E-state index is 0.00204. The molecule has 0 aliphatic heterocycles. The highest BCUT2D eigenvalue weighted by Gasteiger charge is 2.40. The highest BCUT2D eigenvalue weighted by atomic mass is 19.1. The molecule has 0 saturated heterocycles. The normalized spacial score (nSPS) is 18.6. The first-order valence-corrected chi connectivity index (χ1v) is 6.45. The molecular formula is C15H19FO2. The minimum Gasteiger partial charge on any atom is -0.370 e. The Bertz CT molecular complexity index is 448. The first kappa shape index (κ1) is 13.2. The van der Waals surface area contributed by atoms with Crippen molar-refractivity contribution in [2.75, 3.05) is 7.11 Å². The van der Waals surface area contributed by atoms with Crippen molar-refractivity contribution in [2.24, 2.45) is 0 Å². The van der Waals surface area contributed by atoms with Crippen molar-refractivity contribution in [3.8, 4) is 0 Å². The van der Waals surface area contributed by atoms with E-state index in [0.717, 1.165) is 32.1 Å². The smallest absolute Gasteiger partial charge is 0.194 e. The van der Waals surface area contributed by atoms with Gasteiger partial charge in [-0.25, -0.2) is 4.39 Å². The van der Waals surface area contributed by atoms with E-state index in [1.165, 1.54) is 12.1 Å². The average Bonchev–Trinajstić information content (AvgIpc) is 2.39. The van der Waals surface area contributed by atoms with Crippen LogP contribution in [-0.4, -0.2) is 18.5 Å². The van der Waals surface area contributed by atoms with E-state index in [9.17, 15) is 9.18 Å². The lowest BCUT2D eigenvalue weighted by molar-refractivity contribution is -0.0194. The molecule has 98 valence electrons. The van der Waals surface area contributed by atoms with Crippen LogP contribution < -0.4 is 0 Å². The number of ketones is 1. The first-order chi connectivity index (χ1) is 8.59. The monoisotopic (exact) mass is 250 g/mol. The Hall–Kier alpha value is -1.22. The van der Waals surface area contributed by atoms with Crippen molar-refractivity contribution in [3.63, 3.8) is 0 Å². The molecular weight excluding hydrogens is 231 g/mol. The molecule has 0 radical (unpaired) electrons. The topological polar surface area (TPSA) is 26.3 Å². The number of Topliss-reactive ketones (excluding diaryl/α,β-unsaturated/α-hetero) is 1. The summed E-state index contributed by atoms with van der Waals surface area (Å²) < 4.78 is 18.6. The maximum Gasteiger partial charge on any atom is 0.194 e. The maximum atomic E-state index is 13.1. The second-order valence-electron chi connectivity index (χ2n) is 5.05. The van der Waals surface area contributed by atoms with Crippen molar-refractivity contribution in [3.05, 3.63) is 35.1 Å². The van der Waals surface area contributed by atoms with Crippen molar-refractivity contribution < 1.29 is 13.9 Å². The van der Waals surface area contributed by atoms with Crippen molar-refractivity contribution in [1.82, 2.24) is 0 Å². The fourth-order valence-corrected chi connectivity index (χ4v) is 2.77. The van der Waals surface area contributed by atoms with Crippen LogP contribution in [-0.2, 0) is 4.74 Å². The van der Waals surface area contributed by atoms with Gasteiger partial charge in [-0.05, 0) is 43.5 Å². The van der Waals surface area contributed by atoms with Crippen LogP contribution >= 0.6 is 0 Å². The fourth-order valence-electron chi connectivity index (χ4n) is 2.77. The van der Waals surface area contributed by atoms with E-state index in [0.29, 0.717) is 11.1 Å². The van der Waals surface area contributed by atoms with Gasteiger partial charge in [0.15, 0.2) is 5.78 Å². The quantitative estimate of drug-likeness (QED) is 0.765. The van der Waals surface area contributed by atoms with Gasteiger partial charge in [0.2, 0.25) is 0 Å². The molecule has 0 amide bonds. The number of carbonyl (C=O) groups is 1. The summed E-state index contributed by atoms with van der Waals surface area (Å²) in [6, 6.07) is 4.31. The minimum atomic E-state index is -0.694. The van der Waals surface area contributed by atoms with Crippen LogP contribution in [0.1, 0.15) is 48.0 Å². The Labute approximate surface area is 107 Å². The van der Waals surface area contributed by atoms with Gasteiger partial charge in [-0.2, -0.15) is 0 Å². The number of hydrogen-bond donors (Lipinski definition) is 0. The lowest BCUT2D eigenvalue weighted by Gasteiger charge is -2.34. The standard InChI is InChI=1S/C15H19FO2/c1-11-10-12(16)6-7-13(11)14(17)15(18-2)8-4-3-5-9-15/h6-7,10H,3-5,8-9H2,1-2H3. The Morgan fingerprint density at radius 3 is 2.50 bits per heavy atom. The SMILES string of the molecule is COC1(C(=O)c2ccc(F)cc2C)CCCCC1. The third-order valence-electron chi connectivity index (χ3n) is 3.90. The Morgan fingerprint density at radius 1 is 1.28 bits per heavy atom. The molecule has 1 saturated carbocycles. The summed E-state index contributed by atoms with van der Waals surface area (Å²) in [5, 5.41) is 0. The molecule has 2 nitrogen and oxygen atoms in total. The molecule has 1 fully saturated rings. The molecule has 0 spiro atoms. The molecule has 0 aromatic heterocycles. The molecule has 1 aliphatic carbocycles. The van der Waals surface area contributed by atoms with E-state index in [4.69, 9.17) is 4.74 Å². The summed E-state index contributed by atoms with van der Waals surface area (Å²) in [4.78, 5) is 12.6. The highest BCUT2D eigenvalue weighted by Crippen LogP contribution is 2.34. The molecule has 0 unspecified atom stereocenters. The summed E-state index contributed by atoms with van der Waals surface area (Å²) in [6.45, 7) is 1.77. The predicted molar refractivity (Wildman–Crippen MR) is 68.3 cm³/mol. The second-order valence-corrected chi connectivity index (χ2v) is 5.05. The zero-order chi connectivity index (χ0) is 13.2. The van der Waals surface area contributed by atoms with E-state index in [1.54, 1.807) is 20.1 Å². The summed E-state index contributed by atoms with van der Waals surface area (Å²) in [7, 11) is 1.60. The molecule has 0 atom stereocenters. The second kappa shape index (κ2) is 5.19. The molecule has 0 heterocycles. The maximum absolute atomic E-state index is 13.1. The van der Waals surface area contributed by atoms with E-state index < -0.39 is 5.60 Å². The third-order valence-corrected chi connectivity index (χ3v) is 3.90. The zero-order valence-corrected chi connectivity index (χ0v) is 11.0. The number of carbonyl (C=O) groups excluding carboxylic acids is 1. The lowest BCUT2D eigenvalue weighted by atomic mass is 9.78. The summed E-state index contributed by atoms with van der Waals surface area (Å²) in [5.74, 6) is -0.304. The van der Waals surface area contributed by atoms with E-state index in [1.807, 2.05) is 0 Å². The van der Waals surface area contributed by atoms with Gasteiger partial charge in [0.05, 0.1) is 0 Å². The van der Waals surface area contributed by atoms with Crippen molar-refractivity contribution >= 4 is 5.78 Å². The van der Waals surface area contributed by atoms with E-state index in [2.05, 4.69) is 0 Å².